The summed E-state index contributed by atoms with van der Waals surface area (Å²) in [4.78, 5) is 11.5. The Bertz CT molecular complexity index is 643. The van der Waals surface area contributed by atoms with Crippen molar-refractivity contribution in [1.82, 2.24) is 9.78 Å². The van der Waals surface area contributed by atoms with Crippen molar-refractivity contribution >= 4 is 11.6 Å². The van der Waals surface area contributed by atoms with E-state index in [2.05, 4.69) is 12.0 Å². The summed E-state index contributed by atoms with van der Waals surface area (Å²) in [5.74, 6) is -0.507. The molecule has 4 N–H and O–H groups in total. The third-order valence-electron chi connectivity index (χ3n) is 3.31. The maximum absolute atomic E-state index is 11.5. The number of aryl methyl sites for hydroxylation is 1. The molecule has 0 aliphatic rings. The number of carbonyl (C=O) groups is 1. The average Bonchev–Trinajstić information content (AvgIpc) is 2.64. The number of amides is 1. The van der Waals surface area contributed by atoms with E-state index >= 15 is 0 Å². The van der Waals surface area contributed by atoms with Crippen molar-refractivity contribution in [2.24, 2.45) is 5.73 Å². The van der Waals surface area contributed by atoms with Gasteiger partial charge in [0.1, 0.15) is 0 Å². The summed E-state index contributed by atoms with van der Waals surface area (Å²) in [5, 5.41) is 4.49. The fraction of sp³-hybridized carbons (Fsp3) is 0.286. The quantitative estimate of drug-likeness (QED) is 0.822. The Morgan fingerprint density at radius 1 is 1.37 bits per heavy atom. The summed E-state index contributed by atoms with van der Waals surface area (Å²) in [6.45, 7) is 6.03. The van der Waals surface area contributed by atoms with Crippen LogP contribution in [0.1, 0.15) is 34.2 Å². The second kappa shape index (κ2) is 4.76. The highest BCUT2D eigenvalue weighted by Gasteiger charge is 2.16. The second-order valence-corrected chi connectivity index (χ2v) is 4.56. The van der Waals surface area contributed by atoms with Gasteiger partial charge in [0.2, 0.25) is 0 Å². The Kier molecular flexibility index (Phi) is 3.29. The molecule has 0 bridgehead atoms. The monoisotopic (exact) mass is 258 g/mol. The number of anilines is 1. The fourth-order valence-corrected chi connectivity index (χ4v) is 2.36. The van der Waals surface area contributed by atoms with Crippen molar-refractivity contribution in [3.05, 3.63) is 40.7 Å². The lowest BCUT2D eigenvalue weighted by atomic mass is 10.1. The Morgan fingerprint density at radius 3 is 2.58 bits per heavy atom. The Balaban J connectivity index is 2.69. The van der Waals surface area contributed by atoms with Crippen molar-refractivity contribution in [2.45, 2.75) is 27.2 Å². The molecular formula is C14H18N4O. The van der Waals surface area contributed by atoms with E-state index in [0.717, 1.165) is 17.8 Å². The lowest BCUT2D eigenvalue weighted by molar-refractivity contribution is 0.1000. The van der Waals surface area contributed by atoms with Gasteiger partial charge in [0.25, 0.3) is 5.91 Å². The van der Waals surface area contributed by atoms with Crippen LogP contribution in [-0.4, -0.2) is 15.7 Å². The standard InChI is InChI=1S/C14H18N4O/c1-4-11-8(2)17-18(9(11)3)13-6-5-10(15)7-12(13)14(16)19/h5-7H,4,15H2,1-3H3,(H2,16,19). The molecule has 0 saturated carbocycles. The molecule has 1 heterocycles. The zero-order valence-corrected chi connectivity index (χ0v) is 11.4. The van der Waals surface area contributed by atoms with E-state index in [-0.39, 0.29) is 0 Å². The summed E-state index contributed by atoms with van der Waals surface area (Å²) < 4.78 is 1.76. The van der Waals surface area contributed by atoms with Gasteiger partial charge in [-0.05, 0) is 44.0 Å². The molecule has 0 spiro atoms. The SMILES string of the molecule is CCc1c(C)nn(-c2ccc(N)cc2C(N)=O)c1C. The minimum atomic E-state index is -0.507. The Morgan fingerprint density at radius 2 is 2.05 bits per heavy atom. The van der Waals surface area contributed by atoms with Crippen LogP contribution in [0.25, 0.3) is 5.69 Å². The zero-order valence-electron chi connectivity index (χ0n) is 11.4. The number of benzene rings is 1. The van der Waals surface area contributed by atoms with Crippen LogP contribution in [0.2, 0.25) is 0 Å². The lowest BCUT2D eigenvalue weighted by Crippen LogP contribution is -2.16. The molecule has 0 saturated heterocycles. The van der Waals surface area contributed by atoms with E-state index in [1.807, 2.05) is 13.8 Å². The molecule has 2 rings (SSSR count). The van der Waals surface area contributed by atoms with E-state index < -0.39 is 5.91 Å². The molecule has 0 aliphatic carbocycles. The van der Waals surface area contributed by atoms with Gasteiger partial charge in [-0.1, -0.05) is 6.92 Å². The molecule has 1 aromatic heterocycles. The van der Waals surface area contributed by atoms with Gasteiger partial charge in [0.15, 0.2) is 0 Å². The third kappa shape index (κ3) is 2.19. The van der Waals surface area contributed by atoms with Crippen LogP contribution in [0.4, 0.5) is 5.69 Å². The predicted octanol–water partition coefficient (Wildman–Crippen LogP) is 1.73. The molecule has 5 heteroatoms. The topological polar surface area (TPSA) is 86.9 Å². The zero-order chi connectivity index (χ0) is 14.2. The lowest BCUT2D eigenvalue weighted by Gasteiger charge is -2.10. The van der Waals surface area contributed by atoms with E-state index in [1.165, 1.54) is 5.56 Å². The molecule has 0 radical (unpaired) electrons. The first-order valence-electron chi connectivity index (χ1n) is 6.20. The molecule has 1 amide bonds. The Hall–Kier alpha value is -2.30. The molecule has 5 nitrogen and oxygen atoms in total. The Labute approximate surface area is 112 Å². The van der Waals surface area contributed by atoms with Gasteiger partial charge in [-0.2, -0.15) is 5.10 Å². The van der Waals surface area contributed by atoms with Gasteiger partial charge in [-0.3, -0.25) is 4.79 Å². The van der Waals surface area contributed by atoms with Crippen LogP contribution in [0, 0.1) is 13.8 Å². The van der Waals surface area contributed by atoms with Crippen LogP contribution in [0.5, 0.6) is 0 Å². The summed E-state index contributed by atoms with van der Waals surface area (Å²) in [6, 6.07) is 5.10. The number of hydrogen-bond donors (Lipinski definition) is 2. The maximum Gasteiger partial charge on any atom is 0.250 e. The van der Waals surface area contributed by atoms with Crippen LogP contribution >= 0.6 is 0 Å². The summed E-state index contributed by atoms with van der Waals surface area (Å²) in [5.41, 5.74) is 15.9. The highest BCUT2D eigenvalue weighted by atomic mass is 16.1. The number of rotatable bonds is 3. The number of nitrogens with two attached hydrogens (primary N) is 2. The first-order chi connectivity index (χ1) is 8.95. The molecule has 2 aromatic rings. The molecule has 0 atom stereocenters. The van der Waals surface area contributed by atoms with Crippen LogP contribution in [-0.2, 0) is 6.42 Å². The van der Waals surface area contributed by atoms with Gasteiger partial charge in [-0.25, -0.2) is 4.68 Å². The smallest absolute Gasteiger partial charge is 0.250 e. The second-order valence-electron chi connectivity index (χ2n) is 4.56. The van der Waals surface area contributed by atoms with Gasteiger partial charge < -0.3 is 11.5 Å². The van der Waals surface area contributed by atoms with Crippen molar-refractivity contribution in [1.29, 1.82) is 0 Å². The van der Waals surface area contributed by atoms with Gasteiger partial charge in [-0.15, -0.1) is 0 Å². The number of aromatic nitrogens is 2. The molecule has 100 valence electrons. The summed E-state index contributed by atoms with van der Waals surface area (Å²) in [6.07, 6.45) is 0.901. The van der Waals surface area contributed by atoms with E-state index in [4.69, 9.17) is 11.5 Å². The average molecular weight is 258 g/mol. The largest absolute Gasteiger partial charge is 0.399 e. The van der Waals surface area contributed by atoms with Crippen molar-refractivity contribution < 1.29 is 4.79 Å². The minimum absolute atomic E-state index is 0.383. The summed E-state index contributed by atoms with van der Waals surface area (Å²) in [7, 11) is 0. The van der Waals surface area contributed by atoms with E-state index in [1.54, 1.807) is 22.9 Å². The fourth-order valence-electron chi connectivity index (χ4n) is 2.36. The molecule has 19 heavy (non-hydrogen) atoms. The highest BCUT2D eigenvalue weighted by molar-refractivity contribution is 5.97. The number of nitrogen functional groups attached to an aromatic ring is 1. The molecule has 0 fully saturated rings. The van der Waals surface area contributed by atoms with Gasteiger partial charge >= 0.3 is 0 Å². The molecular weight excluding hydrogens is 240 g/mol. The predicted molar refractivity (Wildman–Crippen MR) is 75.3 cm³/mol. The van der Waals surface area contributed by atoms with Gasteiger partial charge in [0, 0.05) is 11.4 Å². The maximum atomic E-state index is 11.5. The first-order valence-corrected chi connectivity index (χ1v) is 6.20. The number of carbonyl (C=O) groups excluding carboxylic acids is 1. The van der Waals surface area contributed by atoms with Crippen molar-refractivity contribution in [2.75, 3.05) is 5.73 Å². The van der Waals surface area contributed by atoms with Crippen LogP contribution < -0.4 is 11.5 Å². The number of nitrogens with zero attached hydrogens (tertiary/aromatic N) is 2. The summed E-state index contributed by atoms with van der Waals surface area (Å²) >= 11 is 0. The van der Waals surface area contributed by atoms with Crippen LogP contribution in [0.3, 0.4) is 0 Å². The first kappa shape index (κ1) is 13.1. The molecule has 1 aromatic carbocycles. The van der Waals surface area contributed by atoms with Gasteiger partial charge in [0.05, 0.1) is 16.9 Å². The van der Waals surface area contributed by atoms with Crippen molar-refractivity contribution in [3.63, 3.8) is 0 Å². The normalized spacial score (nSPS) is 10.7. The van der Waals surface area contributed by atoms with E-state index in [0.29, 0.717) is 16.9 Å². The highest BCUT2D eigenvalue weighted by Crippen LogP contribution is 2.22. The van der Waals surface area contributed by atoms with Crippen LogP contribution in [0.15, 0.2) is 18.2 Å². The number of hydrogen-bond acceptors (Lipinski definition) is 3. The number of primary amides is 1. The molecule has 0 aliphatic heterocycles. The third-order valence-corrected chi connectivity index (χ3v) is 3.31. The molecule has 0 unspecified atom stereocenters. The van der Waals surface area contributed by atoms with Crippen molar-refractivity contribution in [3.8, 4) is 5.69 Å². The van der Waals surface area contributed by atoms with E-state index in [9.17, 15) is 4.79 Å². The minimum Gasteiger partial charge on any atom is -0.399 e.